The second-order valence-corrected chi connectivity index (χ2v) is 6.23. The molecule has 4 aromatic rings. The summed E-state index contributed by atoms with van der Waals surface area (Å²) in [4.78, 5) is 25.7. The van der Waals surface area contributed by atoms with E-state index < -0.39 is 5.91 Å². The molecule has 0 atom stereocenters. The first-order valence-corrected chi connectivity index (χ1v) is 8.01. The van der Waals surface area contributed by atoms with Crippen LogP contribution in [-0.4, -0.2) is 20.9 Å². The molecule has 0 saturated heterocycles. The van der Waals surface area contributed by atoms with E-state index in [1.807, 2.05) is 25.1 Å². The number of carbonyl (C=O) groups excluding carboxylic acids is 1. The van der Waals surface area contributed by atoms with Crippen LogP contribution in [0.3, 0.4) is 0 Å². The molecule has 0 aliphatic carbocycles. The van der Waals surface area contributed by atoms with E-state index in [0.717, 1.165) is 26.5 Å². The van der Waals surface area contributed by atoms with E-state index in [-0.39, 0.29) is 5.69 Å². The lowest BCUT2D eigenvalue weighted by Crippen LogP contribution is -2.13. The molecular weight excluding hydrogens is 324 g/mol. The third kappa shape index (κ3) is 2.35. The molecule has 0 radical (unpaired) electrons. The number of fused-ring (bicyclic) bond motifs is 1. The summed E-state index contributed by atoms with van der Waals surface area (Å²) in [5.41, 5.74) is 8.40. The number of furan rings is 1. The van der Waals surface area contributed by atoms with E-state index in [1.54, 1.807) is 18.5 Å². The zero-order valence-electron chi connectivity index (χ0n) is 12.7. The molecule has 0 aromatic carbocycles. The predicted octanol–water partition coefficient (Wildman–Crippen LogP) is 3.42. The number of hydrogen-bond acceptors (Lipinski definition) is 6. The van der Waals surface area contributed by atoms with Gasteiger partial charge in [-0.2, -0.15) is 0 Å². The van der Waals surface area contributed by atoms with Gasteiger partial charge < -0.3 is 10.2 Å². The van der Waals surface area contributed by atoms with Crippen LogP contribution in [0.2, 0.25) is 0 Å². The first kappa shape index (κ1) is 14.5. The Hall–Kier alpha value is -3.06. The predicted molar refractivity (Wildman–Crippen MR) is 91.6 cm³/mol. The molecule has 0 unspecified atom stereocenters. The Morgan fingerprint density at radius 1 is 1.29 bits per heavy atom. The van der Waals surface area contributed by atoms with Gasteiger partial charge in [0.15, 0.2) is 11.3 Å². The molecule has 1 amide bonds. The fourth-order valence-electron chi connectivity index (χ4n) is 2.51. The monoisotopic (exact) mass is 336 g/mol. The number of aryl methyl sites for hydroxylation is 1. The Balaban J connectivity index is 1.89. The van der Waals surface area contributed by atoms with E-state index in [0.29, 0.717) is 11.3 Å². The number of primary amides is 1. The van der Waals surface area contributed by atoms with Crippen molar-refractivity contribution in [2.24, 2.45) is 5.73 Å². The number of rotatable bonds is 3. The van der Waals surface area contributed by atoms with Crippen molar-refractivity contribution in [1.82, 2.24) is 15.0 Å². The van der Waals surface area contributed by atoms with Crippen LogP contribution in [0.15, 0.2) is 47.3 Å². The molecule has 4 rings (SSSR count). The quantitative estimate of drug-likeness (QED) is 0.618. The lowest BCUT2D eigenvalue weighted by molar-refractivity contribution is 0.0996. The highest BCUT2D eigenvalue weighted by molar-refractivity contribution is 7.18. The van der Waals surface area contributed by atoms with Crippen LogP contribution in [0.25, 0.3) is 32.1 Å². The van der Waals surface area contributed by atoms with Crippen molar-refractivity contribution in [2.75, 3.05) is 0 Å². The molecule has 24 heavy (non-hydrogen) atoms. The van der Waals surface area contributed by atoms with Crippen molar-refractivity contribution in [1.29, 1.82) is 0 Å². The molecule has 0 aliphatic rings. The van der Waals surface area contributed by atoms with Gasteiger partial charge in [0.05, 0.1) is 22.5 Å². The van der Waals surface area contributed by atoms with E-state index in [4.69, 9.17) is 10.2 Å². The molecule has 0 saturated carbocycles. The highest BCUT2D eigenvalue weighted by Crippen LogP contribution is 2.35. The van der Waals surface area contributed by atoms with Gasteiger partial charge in [0.1, 0.15) is 5.01 Å². The van der Waals surface area contributed by atoms with Crippen LogP contribution in [0.1, 0.15) is 16.2 Å². The molecule has 0 fully saturated rings. The van der Waals surface area contributed by atoms with Crippen molar-refractivity contribution >= 4 is 28.2 Å². The summed E-state index contributed by atoms with van der Waals surface area (Å²) in [5, 5.41) is 1.63. The van der Waals surface area contributed by atoms with Crippen molar-refractivity contribution in [2.45, 2.75) is 6.92 Å². The topological polar surface area (TPSA) is 94.9 Å². The summed E-state index contributed by atoms with van der Waals surface area (Å²) < 4.78 is 5.32. The number of thiazole rings is 1. The molecule has 118 valence electrons. The number of carbonyl (C=O) groups is 1. The Morgan fingerprint density at radius 2 is 2.17 bits per heavy atom. The van der Waals surface area contributed by atoms with E-state index in [2.05, 4.69) is 15.0 Å². The highest BCUT2D eigenvalue weighted by atomic mass is 32.1. The Bertz CT molecular complexity index is 1050. The largest absolute Gasteiger partial charge is 0.462 e. The smallest absolute Gasteiger partial charge is 0.271 e. The fraction of sp³-hybridized carbons (Fsp3) is 0.0588. The minimum absolute atomic E-state index is 0.128. The van der Waals surface area contributed by atoms with Crippen LogP contribution >= 0.6 is 11.3 Å². The van der Waals surface area contributed by atoms with Crippen molar-refractivity contribution in [3.63, 3.8) is 0 Å². The van der Waals surface area contributed by atoms with Crippen molar-refractivity contribution < 1.29 is 9.21 Å². The number of pyridine rings is 2. The third-order valence-corrected chi connectivity index (χ3v) is 4.84. The van der Waals surface area contributed by atoms with Gasteiger partial charge in [0.25, 0.3) is 5.91 Å². The SMILES string of the molecule is Cc1nc(-c2cccnc2)sc1-c1cc2ccoc2c(C(N)=O)n1. The summed E-state index contributed by atoms with van der Waals surface area (Å²) in [6.45, 7) is 1.91. The number of nitrogens with zero attached hydrogens (tertiary/aromatic N) is 3. The van der Waals surface area contributed by atoms with Gasteiger partial charge in [-0.15, -0.1) is 11.3 Å². The maximum atomic E-state index is 11.7. The molecular formula is C17H12N4O2S. The summed E-state index contributed by atoms with van der Waals surface area (Å²) in [7, 11) is 0. The maximum Gasteiger partial charge on any atom is 0.271 e. The van der Waals surface area contributed by atoms with Gasteiger partial charge in [-0.3, -0.25) is 9.78 Å². The lowest BCUT2D eigenvalue weighted by Gasteiger charge is -2.02. The van der Waals surface area contributed by atoms with Gasteiger partial charge in [0.2, 0.25) is 0 Å². The molecule has 6 nitrogen and oxygen atoms in total. The number of aromatic nitrogens is 3. The zero-order valence-corrected chi connectivity index (χ0v) is 13.5. The summed E-state index contributed by atoms with van der Waals surface area (Å²) in [6, 6.07) is 7.48. The maximum absolute atomic E-state index is 11.7. The lowest BCUT2D eigenvalue weighted by atomic mass is 10.2. The van der Waals surface area contributed by atoms with Gasteiger partial charge in [-0.05, 0) is 31.2 Å². The third-order valence-electron chi connectivity index (χ3n) is 3.61. The molecule has 0 aliphatic heterocycles. The average Bonchev–Trinajstić information content (AvgIpc) is 3.20. The minimum atomic E-state index is -0.619. The van der Waals surface area contributed by atoms with Crippen LogP contribution < -0.4 is 5.73 Å². The van der Waals surface area contributed by atoms with Gasteiger partial charge in [0, 0.05) is 23.3 Å². The normalized spacial score (nSPS) is 11.0. The summed E-state index contributed by atoms with van der Waals surface area (Å²) in [6.07, 6.45) is 5.01. The Labute approximate surface area is 141 Å². The molecule has 2 N–H and O–H groups in total. The van der Waals surface area contributed by atoms with E-state index in [9.17, 15) is 4.79 Å². The number of amides is 1. The second-order valence-electron chi connectivity index (χ2n) is 5.23. The Kier molecular flexibility index (Phi) is 3.35. The molecule has 4 aromatic heterocycles. The van der Waals surface area contributed by atoms with Gasteiger partial charge in [-0.25, -0.2) is 9.97 Å². The minimum Gasteiger partial charge on any atom is -0.462 e. The zero-order chi connectivity index (χ0) is 16.7. The first-order valence-electron chi connectivity index (χ1n) is 7.20. The highest BCUT2D eigenvalue weighted by Gasteiger charge is 2.18. The molecule has 7 heteroatoms. The van der Waals surface area contributed by atoms with Crippen LogP contribution in [-0.2, 0) is 0 Å². The van der Waals surface area contributed by atoms with E-state index >= 15 is 0 Å². The standard InChI is InChI=1S/C17H12N4O2S/c1-9-15(24-17(20-9)11-3-2-5-19-8-11)12-7-10-4-6-23-14(10)13(21-12)16(18)22/h2-8H,1H3,(H2,18,22). The number of hydrogen-bond donors (Lipinski definition) is 1. The van der Waals surface area contributed by atoms with Gasteiger partial charge >= 0.3 is 0 Å². The summed E-state index contributed by atoms with van der Waals surface area (Å²) >= 11 is 1.50. The van der Waals surface area contributed by atoms with E-state index in [1.165, 1.54) is 17.6 Å². The molecule has 0 spiro atoms. The second kappa shape index (κ2) is 5.54. The van der Waals surface area contributed by atoms with Crippen LogP contribution in [0, 0.1) is 6.92 Å². The molecule has 0 bridgehead atoms. The van der Waals surface area contributed by atoms with Crippen LogP contribution in [0.4, 0.5) is 0 Å². The fourth-order valence-corrected chi connectivity index (χ4v) is 3.52. The van der Waals surface area contributed by atoms with Gasteiger partial charge in [-0.1, -0.05) is 0 Å². The average molecular weight is 336 g/mol. The summed E-state index contributed by atoms with van der Waals surface area (Å²) in [5.74, 6) is -0.619. The van der Waals surface area contributed by atoms with Crippen molar-refractivity contribution in [3.05, 3.63) is 54.3 Å². The first-order chi connectivity index (χ1) is 11.6. The van der Waals surface area contributed by atoms with Crippen LogP contribution in [0.5, 0.6) is 0 Å². The molecule has 4 heterocycles. The van der Waals surface area contributed by atoms with Crippen molar-refractivity contribution in [3.8, 4) is 21.1 Å². The number of nitrogens with two attached hydrogens (primary N) is 1. The Morgan fingerprint density at radius 3 is 2.92 bits per heavy atom.